The predicted molar refractivity (Wildman–Crippen MR) is 60.0 cm³/mol. The number of rotatable bonds is 2. The summed E-state index contributed by atoms with van der Waals surface area (Å²) in [5.74, 6) is -0.387. The molecule has 0 spiro atoms. The summed E-state index contributed by atoms with van der Waals surface area (Å²) in [4.78, 5) is 0. The van der Waals surface area contributed by atoms with E-state index in [0.717, 1.165) is 12.1 Å². The normalized spacial score (nSPS) is 10.1. The van der Waals surface area contributed by atoms with Crippen molar-refractivity contribution in [1.82, 2.24) is 0 Å². The van der Waals surface area contributed by atoms with Gasteiger partial charge in [-0.3, -0.25) is 0 Å². The predicted octanol–water partition coefficient (Wildman–Crippen LogP) is 3.78. The van der Waals surface area contributed by atoms with Crippen molar-refractivity contribution in [3.63, 3.8) is 0 Å². The van der Waals surface area contributed by atoms with Gasteiger partial charge >= 0.3 is 6.36 Å². The lowest BCUT2D eigenvalue weighted by Gasteiger charge is -2.09. The first-order chi connectivity index (χ1) is 8.35. The van der Waals surface area contributed by atoms with Crippen molar-refractivity contribution in [2.45, 2.75) is 6.36 Å². The lowest BCUT2D eigenvalue weighted by molar-refractivity contribution is -0.274. The van der Waals surface area contributed by atoms with Crippen LogP contribution >= 0.6 is 15.9 Å². The van der Waals surface area contributed by atoms with Crippen LogP contribution in [0.15, 0.2) is 28.2 Å². The Bertz CT molecular complexity index is 551. The maximum absolute atomic E-state index is 12.0. The second kappa shape index (κ2) is 5.56. The molecule has 0 radical (unpaired) electrons. The van der Waals surface area contributed by atoms with Gasteiger partial charge in [-0.2, -0.15) is 10.5 Å². The SMILES string of the molecule is N#CC(C#N)=Cc1ccc(OC(F)(F)F)cc1Br. The molecule has 1 aromatic rings. The third-order valence-electron chi connectivity index (χ3n) is 1.75. The fourth-order valence-corrected chi connectivity index (χ4v) is 1.54. The van der Waals surface area contributed by atoms with Crippen LogP contribution in [0.5, 0.6) is 5.75 Å². The van der Waals surface area contributed by atoms with Gasteiger partial charge in [0.15, 0.2) is 0 Å². The Morgan fingerprint density at radius 2 is 1.89 bits per heavy atom. The van der Waals surface area contributed by atoms with Gasteiger partial charge < -0.3 is 4.74 Å². The summed E-state index contributed by atoms with van der Waals surface area (Å²) >= 11 is 3.03. The number of nitriles is 2. The molecule has 0 amide bonds. The standard InChI is InChI=1S/C11H4BrF3N2O/c12-10-4-9(18-11(13,14)15)2-1-8(10)3-7(5-16)6-17/h1-4H. The topological polar surface area (TPSA) is 56.8 Å². The third-order valence-corrected chi connectivity index (χ3v) is 2.43. The van der Waals surface area contributed by atoms with Crippen LogP contribution in [-0.4, -0.2) is 6.36 Å². The maximum atomic E-state index is 12.0. The number of allylic oxidation sites excluding steroid dienone is 1. The van der Waals surface area contributed by atoms with E-state index in [4.69, 9.17) is 10.5 Å². The molecule has 0 fully saturated rings. The second-order valence-electron chi connectivity index (χ2n) is 3.01. The zero-order valence-corrected chi connectivity index (χ0v) is 10.2. The molecule has 0 saturated heterocycles. The van der Waals surface area contributed by atoms with Crippen molar-refractivity contribution < 1.29 is 17.9 Å². The van der Waals surface area contributed by atoms with E-state index in [9.17, 15) is 13.2 Å². The van der Waals surface area contributed by atoms with Gasteiger partial charge in [0.05, 0.1) is 0 Å². The second-order valence-corrected chi connectivity index (χ2v) is 3.87. The highest BCUT2D eigenvalue weighted by atomic mass is 79.9. The van der Waals surface area contributed by atoms with Gasteiger partial charge in [0.1, 0.15) is 23.5 Å². The summed E-state index contributed by atoms with van der Waals surface area (Å²) in [6, 6.07) is 6.80. The van der Waals surface area contributed by atoms with E-state index in [0.29, 0.717) is 5.56 Å². The Hall–Kier alpha value is -1.99. The molecular formula is C11H4BrF3N2O. The Kier molecular flexibility index (Phi) is 4.35. The molecule has 1 rings (SSSR count). The zero-order valence-electron chi connectivity index (χ0n) is 8.62. The minimum Gasteiger partial charge on any atom is -0.406 e. The van der Waals surface area contributed by atoms with Gasteiger partial charge in [-0.15, -0.1) is 13.2 Å². The summed E-state index contributed by atoms with van der Waals surface area (Å²) in [6.07, 6.45) is -3.51. The molecule has 0 N–H and O–H groups in total. The Balaban J connectivity index is 3.06. The molecule has 92 valence electrons. The molecular weight excluding hydrogens is 313 g/mol. The van der Waals surface area contributed by atoms with Crippen molar-refractivity contribution in [3.8, 4) is 17.9 Å². The van der Waals surface area contributed by atoms with Gasteiger partial charge in [-0.25, -0.2) is 0 Å². The Morgan fingerprint density at radius 3 is 2.33 bits per heavy atom. The first kappa shape index (κ1) is 14.1. The van der Waals surface area contributed by atoms with Crippen molar-refractivity contribution in [2.75, 3.05) is 0 Å². The number of nitrogens with zero attached hydrogens (tertiary/aromatic N) is 2. The molecule has 0 aliphatic rings. The van der Waals surface area contributed by atoms with Crippen LogP contribution in [0.1, 0.15) is 5.56 Å². The van der Waals surface area contributed by atoms with Crippen molar-refractivity contribution in [2.24, 2.45) is 0 Å². The van der Waals surface area contributed by atoms with Crippen LogP contribution in [0.2, 0.25) is 0 Å². The quantitative estimate of drug-likeness (QED) is 0.780. The van der Waals surface area contributed by atoms with Gasteiger partial charge in [-0.1, -0.05) is 22.0 Å². The molecule has 0 aromatic heterocycles. The summed E-state index contributed by atoms with van der Waals surface area (Å²) in [6.45, 7) is 0. The van der Waals surface area contributed by atoms with E-state index >= 15 is 0 Å². The monoisotopic (exact) mass is 316 g/mol. The lowest BCUT2D eigenvalue weighted by Crippen LogP contribution is -2.17. The number of halogens is 4. The lowest BCUT2D eigenvalue weighted by atomic mass is 10.1. The smallest absolute Gasteiger partial charge is 0.406 e. The highest BCUT2D eigenvalue weighted by molar-refractivity contribution is 9.10. The van der Waals surface area contributed by atoms with Gasteiger partial charge in [0, 0.05) is 4.47 Å². The highest BCUT2D eigenvalue weighted by Crippen LogP contribution is 2.28. The molecule has 0 atom stereocenters. The van der Waals surface area contributed by atoms with Crippen LogP contribution in [-0.2, 0) is 0 Å². The largest absolute Gasteiger partial charge is 0.573 e. The number of alkyl halides is 3. The molecule has 0 saturated carbocycles. The van der Waals surface area contributed by atoms with Crippen molar-refractivity contribution in [3.05, 3.63) is 33.8 Å². The van der Waals surface area contributed by atoms with Crippen LogP contribution in [0.3, 0.4) is 0 Å². The number of hydrogen-bond acceptors (Lipinski definition) is 3. The molecule has 18 heavy (non-hydrogen) atoms. The minimum atomic E-state index is -4.76. The molecule has 0 heterocycles. The molecule has 3 nitrogen and oxygen atoms in total. The summed E-state index contributed by atoms with van der Waals surface area (Å²) in [7, 11) is 0. The van der Waals surface area contributed by atoms with E-state index in [-0.39, 0.29) is 15.8 Å². The van der Waals surface area contributed by atoms with Gasteiger partial charge in [0.2, 0.25) is 0 Å². The van der Waals surface area contributed by atoms with Crippen molar-refractivity contribution >= 4 is 22.0 Å². The van der Waals surface area contributed by atoms with E-state index in [1.54, 1.807) is 12.1 Å². The molecule has 0 aliphatic carbocycles. The van der Waals surface area contributed by atoms with E-state index in [1.807, 2.05) is 0 Å². The number of hydrogen-bond donors (Lipinski definition) is 0. The molecule has 7 heteroatoms. The van der Waals surface area contributed by atoms with Gasteiger partial charge in [0.25, 0.3) is 0 Å². The average Bonchev–Trinajstić information content (AvgIpc) is 2.26. The number of benzene rings is 1. The highest BCUT2D eigenvalue weighted by Gasteiger charge is 2.31. The molecule has 1 aromatic carbocycles. The first-order valence-electron chi connectivity index (χ1n) is 4.43. The minimum absolute atomic E-state index is 0.153. The first-order valence-corrected chi connectivity index (χ1v) is 5.22. The number of ether oxygens (including phenoxy) is 1. The van der Waals surface area contributed by atoms with Gasteiger partial charge in [-0.05, 0) is 23.8 Å². The summed E-state index contributed by atoms with van der Waals surface area (Å²) < 4.78 is 39.9. The molecule has 0 bridgehead atoms. The molecule has 0 aliphatic heterocycles. The fourth-order valence-electron chi connectivity index (χ4n) is 1.07. The van der Waals surface area contributed by atoms with Crippen LogP contribution in [0, 0.1) is 22.7 Å². The Morgan fingerprint density at radius 1 is 1.28 bits per heavy atom. The van der Waals surface area contributed by atoms with E-state index < -0.39 is 6.36 Å². The third kappa shape index (κ3) is 4.11. The van der Waals surface area contributed by atoms with Crippen LogP contribution < -0.4 is 4.74 Å². The average molecular weight is 317 g/mol. The van der Waals surface area contributed by atoms with E-state index in [2.05, 4.69) is 20.7 Å². The summed E-state index contributed by atoms with van der Waals surface area (Å²) in [5.41, 5.74) is 0.253. The summed E-state index contributed by atoms with van der Waals surface area (Å²) in [5, 5.41) is 17.1. The van der Waals surface area contributed by atoms with Crippen molar-refractivity contribution in [1.29, 1.82) is 10.5 Å². The Labute approximate surface area is 109 Å². The van der Waals surface area contributed by atoms with Crippen LogP contribution in [0.4, 0.5) is 13.2 Å². The zero-order chi connectivity index (χ0) is 13.8. The maximum Gasteiger partial charge on any atom is 0.573 e. The van der Waals surface area contributed by atoms with Crippen LogP contribution in [0.25, 0.3) is 6.08 Å². The van der Waals surface area contributed by atoms with E-state index in [1.165, 1.54) is 12.1 Å². The molecule has 0 unspecified atom stereocenters. The fraction of sp³-hybridized carbons (Fsp3) is 0.0909.